The molecule has 3 aromatic rings. The Labute approximate surface area is 143 Å². The van der Waals surface area contributed by atoms with Crippen LogP contribution in [0.25, 0.3) is 27.8 Å². The first-order valence-electron chi connectivity index (χ1n) is 8.53. The van der Waals surface area contributed by atoms with Gasteiger partial charge in [-0.2, -0.15) is 0 Å². The van der Waals surface area contributed by atoms with E-state index in [4.69, 9.17) is 0 Å². The smallest absolute Gasteiger partial charge is 0.0178 e. The summed E-state index contributed by atoms with van der Waals surface area (Å²) in [5.74, 6) is 0. The molecule has 0 saturated heterocycles. The highest BCUT2D eigenvalue weighted by Crippen LogP contribution is 2.28. The molecule has 0 aromatic heterocycles. The van der Waals surface area contributed by atoms with E-state index in [0.29, 0.717) is 0 Å². The van der Waals surface area contributed by atoms with Crippen molar-refractivity contribution < 1.29 is 0 Å². The van der Waals surface area contributed by atoms with Gasteiger partial charge in [-0.25, -0.2) is 0 Å². The van der Waals surface area contributed by atoms with Gasteiger partial charge in [-0.15, -0.1) is 0 Å². The fraction of sp³-hybridized carbons (Fsp3) is 0.0833. The number of allylic oxidation sites excluding steroid dienone is 4. The minimum absolute atomic E-state index is 1.15. The van der Waals surface area contributed by atoms with Gasteiger partial charge in [-0.05, 0) is 52.3 Å². The van der Waals surface area contributed by atoms with E-state index in [2.05, 4.69) is 97.1 Å². The van der Waals surface area contributed by atoms with Crippen LogP contribution in [0, 0.1) is 0 Å². The number of rotatable bonds is 3. The van der Waals surface area contributed by atoms with Gasteiger partial charge >= 0.3 is 0 Å². The molecule has 116 valence electrons. The molecular formula is C24H20. The largest absolute Gasteiger partial charge is 0.0836 e. The number of hydrogen-bond acceptors (Lipinski definition) is 0. The second-order valence-electron chi connectivity index (χ2n) is 6.16. The average Bonchev–Trinajstić information content (AvgIpc) is 2.70. The molecule has 1 aliphatic rings. The Morgan fingerprint density at radius 1 is 0.500 bits per heavy atom. The Morgan fingerprint density at radius 3 is 1.79 bits per heavy atom. The molecule has 0 unspecified atom stereocenters. The van der Waals surface area contributed by atoms with Crippen molar-refractivity contribution in [1.29, 1.82) is 0 Å². The molecule has 0 N–H and O–H groups in total. The summed E-state index contributed by atoms with van der Waals surface area (Å²) >= 11 is 0. The monoisotopic (exact) mass is 308 g/mol. The maximum Gasteiger partial charge on any atom is -0.0178 e. The van der Waals surface area contributed by atoms with E-state index >= 15 is 0 Å². The minimum atomic E-state index is 1.15. The van der Waals surface area contributed by atoms with Crippen LogP contribution in [0.15, 0.2) is 97.1 Å². The quantitative estimate of drug-likeness (QED) is 0.502. The van der Waals surface area contributed by atoms with Crippen LogP contribution in [-0.4, -0.2) is 0 Å². The van der Waals surface area contributed by atoms with E-state index in [1.807, 2.05) is 0 Å². The highest BCUT2D eigenvalue weighted by atomic mass is 14.1. The molecular weight excluding hydrogens is 288 g/mol. The van der Waals surface area contributed by atoms with Gasteiger partial charge < -0.3 is 0 Å². The highest BCUT2D eigenvalue weighted by Gasteiger charge is 2.04. The first-order chi connectivity index (χ1) is 11.9. The summed E-state index contributed by atoms with van der Waals surface area (Å²) in [4.78, 5) is 0. The fourth-order valence-corrected chi connectivity index (χ4v) is 3.19. The molecule has 0 fully saturated rings. The van der Waals surface area contributed by atoms with Gasteiger partial charge in [0.15, 0.2) is 0 Å². The molecule has 0 radical (unpaired) electrons. The number of benzene rings is 3. The zero-order valence-corrected chi connectivity index (χ0v) is 13.7. The first kappa shape index (κ1) is 14.7. The molecule has 0 saturated carbocycles. The first-order valence-corrected chi connectivity index (χ1v) is 8.53. The summed E-state index contributed by atoms with van der Waals surface area (Å²) in [6.07, 6.45) is 9.12. The van der Waals surface area contributed by atoms with Gasteiger partial charge in [0.05, 0.1) is 0 Å². The topological polar surface area (TPSA) is 0 Å². The van der Waals surface area contributed by atoms with Crippen molar-refractivity contribution in [3.63, 3.8) is 0 Å². The normalized spacial score (nSPS) is 13.6. The maximum atomic E-state index is 2.32. The Balaban J connectivity index is 1.64. The summed E-state index contributed by atoms with van der Waals surface area (Å²) < 4.78 is 0. The molecule has 1 aliphatic carbocycles. The van der Waals surface area contributed by atoms with E-state index < -0.39 is 0 Å². The molecule has 3 aromatic carbocycles. The van der Waals surface area contributed by atoms with Crippen LogP contribution in [0.1, 0.15) is 18.4 Å². The van der Waals surface area contributed by atoms with E-state index in [-0.39, 0.29) is 0 Å². The van der Waals surface area contributed by atoms with Crippen LogP contribution in [0.2, 0.25) is 0 Å². The highest BCUT2D eigenvalue weighted by molar-refractivity contribution is 5.78. The van der Waals surface area contributed by atoms with Gasteiger partial charge in [-0.3, -0.25) is 0 Å². The van der Waals surface area contributed by atoms with Crippen LogP contribution in [0.4, 0.5) is 0 Å². The van der Waals surface area contributed by atoms with Crippen LogP contribution in [0.5, 0.6) is 0 Å². The van der Waals surface area contributed by atoms with Crippen molar-refractivity contribution in [2.45, 2.75) is 12.8 Å². The van der Waals surface area contributed by atoms with Gasteiger partial charge in [0, 0.05) is 0 Å². The zero-order valence-electron chi connectivity index (χ0n) is 13.7. The van der Waals surface area contributed by atoms with E-state index in [0.717, 1.165) is 12.8 Å². The molecule has 4 rings (SSSR count). The SMILES string of the molecule is C1=CC(c2ccc(-c3cccc(-c4ccccc4)c3)cc2)=CCC1. The van der Waals surface area contributed by atoms with Crippen LogP contribution >= 0.6 is 0 Å². The molecule has 0 heteroatoms. The summed E-state index contributed by atoms with van der Waals surface area (Å²) in [6, 6.07) is 28.2. The van der Waals surface area contributed by atoms with Crippen LogP contribution < -0.4 is 0 Å². The molecule has 0 spiro atoms. The van der Waals surface area contributed by atoms with Crippen molar-refractivity contribution >= 4 is 5.57 Å². The standard InChI is InChI=1S/C24H20/c1-3-8-19(9-4-1)21-14-16-22(17-15-21)24-13-7-12-23(18-24)20-10-5-2-6-11-20/h2-3,5-18H,1,4H2. The molecule has 0 nitrogen and oxygen atoms in total. The Hall–Kier alpha value is -2.86. The summed E-state index contributed by atoms with van der Waals surface area (Å²) in [5.41, 5.74) is 7.68. The lowest BCUT2D eigenvalue weighted by Gasteiger charge is -2.09. The molecule has 0 amide bonds. The van der Waals surface area contributed by atoms with Crippen LogP contribution in [0.3, 0.4) is 0 Å². The van der Waals surface area contributed by atoms with Gasteiger partial charge in [0.2, 0.25) is 0 Å². The average molecular weight is 308 g/mol. The molecule has 0 bridgehead atoms. The predicted octanol–water partition coefficient (Wildman–Crippen LogP) is 6.75. The van der Waals surface area contributed by atoms with Gasteiger partial charge in [0.25, 0.3) is 0 Å². The third-order valence-corrected chi connectivity index (χ3v) is 4.52. The minimum Gasteiger partial charge on any atom is -0.0836 e. The van der Waals surface area contributed by atoms with Gasteiger partial charge in [0.1, 0.15) is 0 Å². The summed E-state index contributed by atoms with van der Waals surface area (Å²) in [6.45, 7) is 0. The molecule has 0 atom stereocenters. The van der Waals surface area contributed by atoms with Crippen molar-refractivity contribution in [3.05, 3.63) is 103 Å². The molecule has 0 aliphatic heterocycles. The van der Waals surface area contributed by atoms with Crippen LogP contribution in [-0.2, 0) is 0 Å². The van der Waals surface area contributed by atoms with E-state index in [1.165, 1.54) is 33.4 Å². The zero-order chi connectivity index (χ0) is 16.2. The lowest BCUT2D eigenvalue weighted by molar-refractivity contribution is 1.04. The van der Waals surface area contributed by atoms with Crippen molar-refractivity contribution in [2.24, 2.45) is 0 Å². The van der Waals surface area contributed by atoms with Crippen molar-refractivity contribution in [3.8, 4) is 22.3 Å². The van der Waals surface area contributed by atoms with E-state index in [1.54, 1.807) is 0 Å². The Kier molecular flexibility index (Phi) is 4.12. The fourth-order valence-electron chi connectivity index (χ4n) is 3.19. The Bertz CT molecular complexity index is 881. The third kappa shape index (κ3) is 3.09. The Morgan fingerprint density at radius 2 is 1.12 bits per heavy atom. The van der Waals surface area contributed by atoms with Crippen molar-refractivity contribution in [1.82, 2.24) is 0 Å². The number of hydrogen-bond donors (Lipinski definition) is 0. The predicted molar refractivity (Wildman–Crippen MR) is 104 cm³/mol. The second-order valence-corrected chi connectivity index (χ2v) is 6.16. The van der Waals surface area contributed by atoms with E-state index in [9.17, 15) is 0 Å². The molecule has 0 heterocycles. The van der Waals surface area contributed by atoms with Gasteiger partial charge in [-0.1, -0.05) is 91.0 Å². The summed E-state index contributed by atoms with van der Waals surface area (Å²) in [7, 11) is 0. The van der Waals surface area contributed by atoms with Crippen molar-refractivity contribution in [2.75, 3.05) is 0 Å². The third-order valence-electron chi connectivity index (χ3n) is 4.52. The lowest BCUT2D eigenvalue weighted by atomic mass is 9.95. The maximum absolute atomic E-state index is 2.32. The lowest BCUT2D eigenvalue weighted by Crippen LogP contribution is -1.86. The second kappa shape index (κ2) is 6.72. The molecule has 24 heavy (non-hydrogen) atoms. The summed E-state index contributed by atoms with van der Waals surface area (Å²) in [5, 5.41) is 0.